The van der Waals surface area contributed by atoms with Crippen LogP contribution < -0.4 is 5.32 Å². The van der Waals surface area contributed by atoms with E-state index in [0.717, 1.165) is 6.54 Å². The average Bonchev–Trinajstić information content (AvgIpc) is 2.72. The molecule has 0 aliphatic carbocycles. The highest BCUT2D eigenvalue weighted by molar-refractivity contribution is 5.78. The fourth-order valence-electron chi connectivity index (χ4n) is 2.02. The minimum absolute atomic E-state index is 0.361. The van der Waals surface area contributed by atoms with Crippen LogP contribution in [0.4, 0.5) is 0 Å². The molecule has 1 aromatic heterocycles. The molecule has 0 fully saturated rings. The maximum atomic E-state index is 4.48. The Labute approximate surface area is 96.5 Å². The maximum Gasteiger partial charge on any atom is 0.0686 e. The summed E-state index contributed by atoms with van der Waals surface area (Å²) < 4.78 is 2.10. The summed E-state index contributed by atoms with van der Waals surface area (Å²) in [6.45, 7) is 7.52. The van der Waals surface area contributed by atoms with Gasteiger partial charge < -0.3 is 5.32 Å². The van der Waals surface area contributed by atoms with Crippen molar-refractivity contribution < 1.29 is 0 Å². The van der Waals surface area contributed by atoms with Gasteiger partial charge in [-0.3, -0.25) is 4.68 Å². The molecule has 1 heterocycles. The number of aromatic nitrogens is 2. The molecule has 0 aliphatic heterocycles. The highest BCUT2D eigenvalue weighted by Crippen LogP contribution is 2.19. The van der Waals surface area contributed by atoms with Crippen molar-refractivity contribution in [2.24, 2.45) is 0 Å². The van der Waals surface area contributed by atoms with E-state index in [0.29, 0.717) is 12.1 Å². The lowest BCUT2D eigenvalue weighted by Gasteiger charge is -2.21. The molecule has 0 saturated carbocycles. The van der Waals surface area contributed by atoms with Gasteiger partial charge in [0.2, 0.25) is 0 Å². The minimum atomic E-state index is 0.361. The Morgan fingerprint density at radius 2 is 2.06 bits per heavy atom. The van der Waals surface area contributed by atoms with Crippen LogP contribution in [-0.2, 0) is 0 Å². The Morgan fingerprint density at radius 3 is 2.81 bits per heavy atom. The second-order valence-corrected chi connectivity index (χ2v) is 4.23. The number of para-hydroxylation sites is 1. The zero-order chi connectivity index (χ0) is 11.5. The van der Waals surface area contributed by atoms with E-state index in [4.69, 9.17) is 0 Å². The number of fused-ring (bicyclic) bond motifs is 1. The summed E-state index contributed by atoms with van der Waals surface area (Å²) in [6.07, 6.45) is 1.94. The summed E-state index contributed by atoms with van der Waals surface area (Å²) in [5.74, 6) is 0. The molecule has 2 atom stereocenters. The van der Waals surface area contributed by atoms with Crippen LogP contribution >= 0.6 is 0 Å². The van der Waals surface area contributed by atoms with Gasteiger partial charge in [0.1, 0.15) is 0 Å². The second kappa shape index (κ2) is 4.66. The first-order valence-electron chi connectivity index (χ1n) is 5.89. The Morgan fingerprint density at radius 1 is 1.31 bits per heavy atom. The monoisotopic (exact) mass is 217 g/mol. The van der Waals surface area contributed by atoms with E-state index < -0.39 is 0 Å². The van der Waals surface area contributed by atoms with Gasteiger partial charge in [0.15, 0.2) is 0 Å². The highest BCUT2D eigenvalue weighted by Gasteiger charge is 2.15. The van der Waals surface area contributed by atoms with Gasteiger partial charge in [-0.1, -0.05) is 25.1 Å². The topological polar surface area (TPSA) is 29.9 Å². The summed E-state index contributed by atoms with van der Waals surface area (Å²) >= 11 is 0. The van der Waals surface area contributed by atoms with Crippen LogP contribution in [0.15, 0.2) is 30.5 Å². The Balaban J connectivity index is 2.32. The molecule has 0 aliphatic rings. The molecule has 0 radical (unpaired) electrons. The lowest BCUT2D eigenvalue weighted by atomic mass is 10.1. The van der Waals surface area contributed by atoms with E-state index >= 15 is 0 Å². The van der Waals surface area contributed by atoms with Crippen LogP contribution in [0.3, 0.4) is 0 Å². The van der Waals surface area contributed by atoms with Crippen molar-refractivity contribution in [2.45, 2.75) is 32.9 Å². The van der Waals surface area contributed by atoms with Gasteiger partial charge in [-0.15, -0.1) is 0 Å². The van der Waals surface area contributed by atoms with Crippen LogP contribution in [-0.4, -0.2) is 22.4 Å². The van der Waals surface area contributed by atoms with Crippen LogP contribution in [0.1, 0.15) is 26.8 Å². The first kappa shape index (κ1) is 11.1. The largest absolute Gasteiger partial charge is 0.312 e. The van der Waals surface area contributed by atoms with Gasteiger partial charge >= 0.3 is 0 Å². The molecule has 3 heteroatoms. The standard InChI is InChI=1S/C13H19N3/c1-4-14-10(2)11(3)16-13-8-6-5-7-12(13)9-15-16/h5-11,14H,4H2,1-3H3. The van der Waals surface area contributed by atoms with Crippen LogP contribution in [0.25, 0.3) is 10.9 Å². The molecule has 16 heavy (non-hydrogen) atoms. The van der Waals surface area contributed by atoms with Crippen molar-refractivity contribution >= 4 is 10.9 Å². The molecule has 0 amide bonds. The lowest BCUT2D eigenvalue weighted by Crippen LogP contribution is -2.33. The predicted octanol–water partition coefficient (Wildman–Crippen LogP) is 2.60. The first-order chi connectivity index (χ1) is 7.74. The molecule has 0 spiro atoms. The number of nitrogens with zero attached hydrogens (tertiary/aromatic N) is 2. The quantitative estimate of drug-likeness (QED) is 0.853. The number of hydrogen-bond donors (Lipinski definition) is 1. The van der Waals surface area contributed by atoms with E-state index in [2.05, 4.69) is 54.1 Å². The fourth-order valence-corrected chi connectivity index (χ4v) is 2.02. The molecule has 0 bridgehead atoms. The Bertz CT molecular complexity index is 461. The van der Waals surface area contributed by atoms with Gasteiger partial charge in [-0.05, 0) is 26.5 Å². The normalized spacial score (nSPS) is 15.2. The number of hydrogen-bond acceptors (Lipinski definition) is 2. The fraction of sp³-hybridized carbons (Fsp3) is 0.462. The van der Waals surface area contributed by atoms with E-state index in [1.54, 1.807) is 0 Å². The molecule has 1 N–H and O–H groups in total. The van der Waals surface area contributed by atoms with Crippen LogP contribution in [0.5, 0.6) is 0 Å². The molecular weight excluding hydrogens is 198 g/mol. The van der Waals surface area contributed by atoms with Crippen molar-refractivity contribution in [3.8, 4) is 0 Å². The van der Waals surface area contributed by atoms with Crippen LogP contribution in [0.2, 0.25) is 0 Å². The van der Waals surface area contributed by atoms with Crippen molar-refractivity contribution in [1.82, 2.24) is 15.1 Å². The van der Waals surface area contributed by atoms with Gasteiger partial charge in [0.05, 0.1) is 17.8 Å². The van der Waals surface area contributed by atoms with Crippen LogP contribution in [0, 0.1) is 0 Å². The average molecular weight is 217 g/mol. The summed E-state index contributed by atoms with van der Waals surface area (Å²) in [4.78, 5) is 0. The maximum absolute atomic E-state index is 4.48. The third-order valence-electron chi connectivity index (χ3n) is 3.14. The van der Waals surface area contributed by atoms with E-state index in [9.17, 15) is 0 Å². The molecule has 2 aromatic rings. The number of benzene rings is 1. The van der Waals surface area contributed by atoms with E-state index in [-0.39, 0.29) is 0 Å². The van der Waals surface area contributed by atoms with Gasteiger partial charge in [-0.25, -0.2) is 0 Å². The second-order valence-electron chi connectivity index (χ2n) is 4.23. The zero-order valence-electron chi connectivity index (χ0n) is 10.1. The summed E-state index contributed by atoms with van der Waals surface area (Å²) in [5.41, 5.74) is 1.21. The van der Waals surface area contributed by atoms with Gasteiger partial charge in [-0.2, -0.15) is 5.10 Å². The Kier molecular flexibility index (Phi) is 3.25. The minimum Gasteiger partial charge on any atom is -0.312 e. The van der Waals surface area contributed by atoms with Crippen molar-refractivity contribution in [1.29, 1.82) is 0 Å². The lowest BCUT2D eigenvalue weighted by molar-refractivity contribution is 0.380. The molecule has 0 saturated heterocycles. The molecule has 1 aromatic carbocycles. The third-order valence-corrected chi connectivity index (χ3v) is 3.14. The molecule has 2 unspecified atom stereocenters. The number of rotatable bonds is 4. The number of likely N-dealkylation sites (N-methyl/N-ethyl adjacent to an activating group) is 1. The highest BCUT2D eigenvalue weighted by atomic mass is 15.3. The first-order valence-corrected chi connectivity index (χ1v) is 5.89. The van der Waals surface area contributed by atoms with Gasteiger partial charge in [0, 0.05) is 11.4 Å². The number of nitrogens with one attached hydrogen (secondary N) is 1. The van der Waals surface area contributed by atoms with Crippen molar-refractivity contribution in [3.63, 3.8) is 0 Å². The van der Waals surface area contributed by atoms with Crippen molar-refractivity contribution in [3.05, 3.63) is 30.5 Å². The molecule has 86 valence electrons. The summed E-state index contributed by atoms with van der Waals surface area (Å²) in [7, 11) is 0. The van der Waals surface area contributed by atoms with Gasteiger partial charge in [0.25, 0.3) is 0 Å². The SMILES string of the molecule is CCNC(C)C(C)n1ncc2ccccc21. The van der Waals surface area contributed by atoms with E-state index in [1.165, 1.54) is 10.9 Å². The molecule has 3 nitrogen and oxygen atoms in total. The predicted molar refractivity (Wildman–Crippen MR) is 67.6 cm³/mol. The van der Waals surface area contributed by atoms with Crippen molar-refractivity contribution in [2.75, 3.05) is 6.54 Å². The zero-order valence-corrected chi connectivity index (χ0v) is 10.1. The molecular formula is C13H19N3. The summed E-state index contributed by atoms with van der Waals surface area (Å²) in [5, 5.41) is 9.12. The third kappa shape index (κ3) is 1.95. The smallest absolute Gasteiger partial charge is 0.0686 e. The Hall–Kier alpha value is -1.35. The van der Waals surface area contributed by atoms with E-state index in [1.807, 2.05) is 12.3 Å². The summed E-state index contributed by atoms with van der Waals surface area (Å²) in [6, 6.07) is 9.12. The molecule has 2 rings (SSSR count).